The van der Waals surface area contributed by atoms with Gasteiger partial charge in [0.2, 0.25) is 0 Å². The molecule has 0 unspecified atom stereocenters. The van der Waals surface area contributed by atoms with Crippen molar-refractivity contribution in [3.63, 3.8) is 0 Å². The maximum Gasteiger partial charge on any atom is 0.129 e. The molecule has 0 bridgehead atoms. The molecule has 8 heteroatoms. The summed E-state index contributed by atoms with van der Waals surface area (Å²) in [5.41, 5.74) is 0.645. The first-order chi connectivity index (χ1) is 13.5. The first-order valence-corrected chi connectivity index (χ1v) is 10.1. The highest BCUT2D eigenvalue weighted by Gasteiger charge is 2.43. The summed E-state index contributed by atoms with van der Waals surface area (Å²) in [6.07, 6.45) is 3.67. The van der Waals surface area contributed by atoms with Crippen LogP contribution in [-0.2, 0) is 4.74 Å². The molecule has 1 aromatic rings. The molecule has 154 valence electrons. The zero-order chi connectivity index (χ0) is 19.7. The number of hydrogen-bond donors (Lipinski definition) is 1. The molecule has 2 N–H and O–H groups in total. The quantitative estimate of drug-likeness (QED) is 0.487. The lowest BCUT2D eigenvalue weighted by molar-refractivity contribution is -0.0637. The van der Waals surface area contributed by atoms with Crippen molar-refractivity contribution in [1.29, 1.82) is 0 Å². The Labute approximate surface area is 164 Å². The predicted octanol–water partition coefficient (Wildman–Crippen LogP) is 2.91. The van der Waals surface area contributed by atoms with Crippen LogP contribution in [0.1, 0.15) is 37.4 Å². The molecule has 28 heavy (non-hydrogen) atoms. The number of hydrogen-bond acceptors (Lipinski definition) is 5. The van der Waals surface area contributed by atoms with Gasteiger partial charge in [-0.2, -0.15) is 5.11 Å². The molecule has 0 aliphatic carbocycles. The van der Waals surface area contributed by atoms with Gasteiger partial charge in [0.1, 0.15) is 23.8 Å². The third kappa shape index (κ3) is 3.90. The van der Waals surface area contributed by atoms with Crippen LogP contribution in [0.4, 0.5) is 8.78 Å². The molecule has 3 atom stereocenters. The first-order valence-electron chi connectivity index (χ1n) is 10.1. The fourth-order valence-electron chi connectivity index (χ4n) is 5.20. The summed E-state index contributed by atoms with van der Waals surface area (Å²) in [5.74, 6) is 4.31. The predicted molar refractivity (Wildman–Crippen MR) is 102 cm³/mol. The molecule has 1 aromatic carbocycles. The van der Waals surface area contributed by atoms with E-state index in [-0.39, 0.29) is 11.6 Å². The van der Waals surface area contributed by atoms with Gasteiger partial charge in [-0.25, -0.2) is 8.78 Å². The van der Waals surface area contributed by atoms with Gasteiger partial charge in [0.15, 0.2) is 0 Å². The van der Waals surface area contributed by atoms with E-state index in [1.807, 2.05) is 0 Å². The number of nitrogens with two attached hydrogens (primary N) is 1. The van der Waals surface area contributed by atoms with E-state index in [1.54, 1.807) is 0 Å². The molecule has 3 fully saturated rings. The number of ether oxygens (including phenoxy) is 1. The molecule has 0 aromatic heterocycles. The van der Waals surface area contributed by atoms with Gasteiger partial charge >= 0.3 is 0 Å². The first kappa shape index (κ1) is 19.7. The molecule has 3 saturated heterocycles. The second-order valence-corrected chi connectivity index (χ2v) is 8.63. The normalized spacial score (nSPS) is 31.8. The number of nitrogens with zero attached hydrogens (tertiary/aromatic N) is 4. The number of halogens is 2. The van der Waals surface area contributed by atoms with Crippen molar-refractivity contribution in [3.8, 4) is 0 Å². The maximum absolute atomic E-state index is 14.3. The van der Waals surface area contributed by atoms with E-state index in [4.69, 9.17) is 10.6 Å². The summed E-state index contributed by atoms with van der Waals surface area (Å²) in [5, 5.41) is 7.53. The van der Waals surface area contributed by atoms with Crippen molar-refractivity contribution in [2.75, 3.05) is 39.8 Å². The van der Waals surface area contributed by atoms with Crippen LogP contribution < -0.4 is 5.84 Å². The van der Waals surface area contributed by atoms with E-state index < -0.39 is 23.8 Å². The smallest absolute Gasteiger partial charge is 0.129 e. The minimum absolute atomic E-state index is 0.183. The van der Waals surface area contributed by atoms with Crippen LogP contribution in [0.3, 0.4) is 0 Å². The molecule has 3 aliphatic rings. The van der Waals surface area contributed by atoms with E-state index in [2.05, 4.69) is 27.2 Å². The van der Waals surface area contributed by atoms with Crippen molar-refractivity contribution in [3.05, 3.63) is 35.4 Å². The van der Waals surface area contributed by atoms with Crippen LogP contribution in [0.2, 0.25) is 0 Å². The molecule has 0 saturated carbocycles. The van der Waals surface area contributed by atoms with Gasteiger partial charge in [-0.3, -0.25) is 4.90 Å². The molecule has 3 heterocycles. The standard InChI is InChI=1S/C20H29F2N5O/c1-26-7-4-20(13-26)5-8-27(9-6-20)15-11-18(24-25-23)19(28-12-15)16-10-14(21)2-3-17(16)22/h2-3,10,15,18-19H,4-9,11-13H2,1H3,(H2,23,24)/t15-,18+,19-/m1/s1. The molecule has 6 nitrogen and oxygen atoms in total. The Morgan fingerprint density at radius 2 is 1.93 bits per heavy atom. The topological polar surface area (TPSA) is 66.5 Å². The average molecular weight is 393 g/mol. The molecule has 0 radical (unpaired) electrons. The highest BCUT2D eigenvalue weighted by atomic mass is 19.1. The Hall–Kier alpha value is -1.64. The van der Waals surface area contributed by atoms with Gasteiger partial charge in [0, 0.05) is 18.2 Å². The third-order valence-electron chi connectivity index (χ3n) is 6.82. The summed E-state index contributed by atoms with van der Waals surface area (Å²) in [7, 11) is 2.20. The fourth-order valence-corrected chi connectivity index (χ4v) is 5.20. The van der Waals surface area contributed by atoms with Crippen LogP contribution in [0.25, 0.3) is 0 Å². The molecular formula is C20H29F2N5O. The summed E-state index contributed by atoms with van der Waals surface area (Å²) in [6.45, 7) is 4.92. The summed E-state index contributed by atoms with van der Waals surface area (Å²) in [6, 6.07) is 3.18. The lowest BCUT2D eigenvalue weighted by atomic mass is 9.77. The fraction of sp³-hybridized carbons (Fsp3) is 0.700. The van der Waals surface area contributed by atoms with Crippen LogP contribution in [-0.4, -0.2) is 61.7 Å². The zero-order valence-electron chi connectivity index (χ0n) is 16.4. The van der Waals surface area contributed by atoms with Crippen molar-refractivity contribution in [1.82, 2.24) is 9.80 Å². The van der Waals surface area contributed by atoms with Gasteiger partial charge in [-0.1, -0.05) is 5.22 Å². The summed E-state index contributed by atoms with van der Waals surface area (Å²) >= 11 is 0. The highest BCUT2D eigenvalue weighted by molar-refractivity contribution is 5.23. The van der Waals surface area contributed by atoms with Crippen molar-refractivity contribution < 1.29 is 13.5 Å². The number of benzene rings is 1. The lowest BCUT2D eigenvalue weighted by Crippen LogP contribution is -2.51. The average Bonchev–Trinajstić information content (AvgIpc) is 3.05. The summed E-state index contributed by atoms with van der Waals surface area (Å²) < 4.78 is 33.9. The Morgan fingerprint density at radius 1 is 1.18 bits per heavy atom. The highest BCUT2D eigenvalue weighted by Crippen LogP contribution is 2.41. The Kier molecular flexibility index (Phi) is 5.62. The van der Waals surface area contributed by atoms with Gasteiger partial charge in [-0.05, 0) is 76.0 Å². The van der Waals surface area contributed by atoms with E-state index in [0.29, 0.717) is 18.4 Å². The van der Waals surface area contributed by atoms with Gasteiger partial charge in [0.05, 0.1) is 6.61 Å². The van der Waals surface area contributed by atoms with Crippen LogP contribution in [0, 0.1) is 17.0 Å². The minimum atomic E-state index is -0.668. The van der Waals surface area contributed by atoms with E-state index in [9.17, 15) is 8.78 Å². The summed E-state index contributed by atoms with van der Waals surface area (Å²) in [4.78, 5) is 4.88. The molecule has 0 amide bonds. The Balaban J connectivity index is 1.43. The number of likely N-dealkylation sites (tertiary alicyclic amines) is 2. The number of rotatable bonds is 3. The second-order valence-electron chi connectivity index (χ2n) is 8.63. The minimum Gasteiger partial charge on any atom is -0.369 e. The van der Waals surface area contributed by atoms with Gasteiger partial charge < -0.3 is 15.5 Å². The van der Waals surface area contributed by atoms with Crippen LogP contribution in [0.5, 0.6) is 0 Å². The van der Waals surface area contributed by atoms with Crippen LogP contribution in [0.15, 0.2) is 28.5 Å². The van der Waals surface area contributed by atoms with Crippen molar-refractivity contribution >= 4 is 0 Å². The Bertz CT molecular complexity index is 723. The zero-order valence-corrected chi connectivity index (χ0v) is 16.4. The molecular weight excluding hydrogens is 364 g/mol. The van der Waals surface area contributed by atoms with Gasteiger partial charge in [0.25, 0.3) is 0 Å². The van der Waals surface area contributed by atoms with Gasteiger partial charge in [-0.15, -0.1) is 0 Å². The molecule has 4 rings (SSSR count). The van der Waals surface area contributed by atoms with E-state index in [1.165, 1.54) is 38.4 Å². The monoisotopic (exact) mass is 393 g/mol. The SMILES string of the molecule is CN1CCC2(CCN([C@H]3CO[C@H](c4cc(F)ccc4F)[C@@H](N=NN)C3)CC2)C1. The maximum atomic E-state index is 14.3. The third-order valence-corrected chi connectivity index (χ3v) is 6.82. The second kappa shape index (κ2) is 8.00. The molecule has 3 aliphatic heterocycles. The molecule has 1 spiro atoms. The van der Waals surface area contributed by atoms with E-state index in [0.717, 1.165) is 25.2 Å². The van der Waals surface area contributed by atoms with E-state index >= 15 is 0 Å². The van der Waals surface area contributed by atoms with Crippen molar-refractivity contribution in [2.24, 2.45) is 21.6 Å². The lowest BCUT2D eigenvalue weighted by Gasteiger charge is -2.45. The largest absolute Gasteiger partial charge is 0.369 e. The number of piperidine rings is 1. The van der Waals surface area contributed by atoms with Crippen LogP contribution >= 0.6 is 0 Å². The Morgan fingerprint density at radius 3 is 2.61 bits per heavy atom. The van der Waals surface area contributed by atoms with Crippen molar-refractivity contribution in [2.45, 2.75) is 43.9 Å².